The van der Waals surface area contributed by atoms with Crippen LogP contribution in [0.4, 0.5) is 11.4 Å². The molecule has 4 fully saturated rings. The van der Waals surface area contributed by atoms with E-state index in [0.717, 1.165) is 23.5 Å². The van der Waals surface area contributed by atoms with Crippen LogP contribution in [0.25, 0.3) is 0 Å². The van der Waals surface area contributed by atoms with Crippen molar-refractivity contribution < 1.29 is 9.66 Å². The van der Waals surface area contributed by atoms with Gasteiger partial charge >= 0.3 is 0 Å². The predicted octanol–water partition coefficient (Wildman–Crippen LogP) is 5.92. The minimum absolute atomic E-state index is 0.0829. The molecule has 5 heteroatoms. The van der Waals surface area contributed by atoms with Crippen molar-refractivity contribution in [2.24, 2.45) is 17.8 Å². The average molecular weight is 392 g/mol. The minimum atomic E-state index is -0.362. The maximum atomic E-state index is 11.2. The van der Waals surface area contributed by atoms with Gasteiger partial charge in [-0.1, -0.05) is 12.1 Å². The van der Waals surface area contributed by atoms with Crippen LogP contribution in [0.15, 0.2) is 42.5 Å². The van der Waals surface area contributed by atoms with Gasteiger partial charge < -0.3 is 9.64 Å². The summed E-state index contributed by atoms with van der Waals surface area (Å²) >= 11 is 0. The summed E-state index contributed by atoms with van der Waals surface area (Å²) in [6.45, 7) is 0. The Hall–Kier alpha value is -2.56. The van der Waals surface area contributed by atoms with E-state index in [1.165, 1.54) is 50.2 Å². The molecular formula is C24H28N2O3. The molecule has 4 aliphatic carbocycles. The van der Waals surface area contributed by atoms with E-state index in [0.29, 0.717) is 16.9 Å². The summed E-state index contributed by atoms with van der Waals surface area (Å²) in [6.07, 6.45) is 8.42. The number of nitro benzene ring substituents is 1. The Labute approximate surface area is 171 Å². The zero-order chi connectivity index (χ0) is 20.2. The molecule has 2 aromatic rings. The summed E-state index contributed by atoms with van der Waals surface area (Å²) in [6, 6.07) is 13.5. The van der Waals surface area contributed by atoms with Crippen molar-refractivity contribution >= 4 is 11.4 Å². The largest absolute Gasteiger partial charge is 0.457 e. The van der Waals surface area contributed by atoms with Crippen molar-refractivity contribution in [3.05, 3.63) is 58.1 Å². The van der Waals surface area contributed by atoms with E-state index in [1.807, 2.05) is 0 Å². The first-order valence-corrected chi connectivity index (χ1v) is 10.7. The Balaban J connectivity index is 1.36. The molecule has 4 saturated carbocycles. The molecular weight excluding hydrogens is 364 g/mol. The molecule has 2 aromatic carbocycles. The number of benzene rings is 2. The third-order valence-electron chi connectivity index (χ3n) is 7.37. The highest BCUT2D eigenvalue weighted by Gasteiger charge is 2.51. The van der Waals surface area contributed by atoms with E-state index in [9.17, 15) is 10.1 Å². The number of ether oxygens (including phenoxy) is 1. The van der Waals surface area contributed by atoms with Crippen LogP contribution in [0.2, 0.25) is 0 Å². The molecule has 0 atom stereocenters. The van der Waals surface area contributed by atoms with Gasteiger partial charge in [-0.2, -0.15) is 0 Å². The van der Waals surface area contributed by atoms with Crippen LogP contribution in [0, 0.1) is 27.9 Å². The number of rotatable bonds is 5. The van der Waals surface area contributed by atoms with Crippen molar-refractivity contribution in [1.82, 2.24) is 0 Å². The Morgan fingerprint density at radius 3 is 2.00 bits per heavy atom. The molecule has 0 aliphatic heterocycles. The fraction of sp³-hybridized carbons (Fsp3) is 0.500. The van der Waals surface area contributed by atoms with Gasteiger partial charge in [0.15, 0.2) is 0 Å². The second-order valence-corrected chi connectivity index (χ2v) is 9.63. The van der Waals surface area contributed by atoms with E-state index in [2.05, 4.69) is 24.3 Å². The standard InChI is InChI=1S/C24H28N2O3/c1-25(2)23-12-21(7-8-22(23)26(27)28)29-20-5-3-19(4-6-20)24-13-16-9-17(14-24)11-18(10-16)15-24/h3-8,12,16-18H,9-11,13-15H2,1-2H3. The van der Waals surface area contributed by atoms with Gasteiger partial charge in [0.25, 0.3) is 5.69 Å². The van der Waals surface area contributed by atoms with Crippen LogP contribution in [0.1, 0.15) is 44.1 Å². The van der Waals surface area contributed by atoms with E-state index < -0.39 is 0 Å². The van der Waals surface area contributed by atoms with Gasteiger partial charge in [-0.15, -0.1) is 0 Å². The van der Waals surface area contributed by atoms with E-state index >= 15 is 0 Å². The number of nitro groups is 1. The van der Waals surface area contributed by atoms with Crippen molar-refractivity contribution in [2.75, 3.05) is 19.0 Å². The topological polar surface area (TPSA) is 55.6 Å². The van der Waals surface area contributed by atoms with Crippen LogP contribution >= 0.6 is 0 Å². The van der Waals surface area contributed by atoms with Gasteiger partial charge in [0.2, 0.25) is 0 Å². The Morgan fingerprint density at radius 2 is 1.48 bits per heavy atom. The number of hydrogen-bond donors (Lipinski definition) is 0. The Morgan fingerprint density at radius 1 is 0.931 bits per heavy atom. The van der Waals surface area contributed by atoms with E-state index in [4.69, 9.17) is 4.74 Å². The van der Waals surface area contributed by atoms with Crippen molar-refractivity contribution in [3.8, 4) is 11.5 Å². The highest BCUT2D eigenvalue weighted by molar-refractivity contribution is 5.65. The van der Waals surface area contributed by atoms with Gasteiger partial charge in [-0.3, -0.25) is 10.1 Å². The van der Waals surface area contributed by atoms with Crippen molar-refractivity contribution in [2.45, 2.75) is 43.9 Å². The molecule has 0 unspecified atom stereocenters. The van der Waals surface area contributed by atoms with E-state index in [1.54, 1.807) is 31.1 Å². The molecule has 0 aromatic heterocycles. The van der Waals surface area contributed by atoms with Crippen molar-refractivity contribution in [1.29, 1.82) is 0 Å². The van der Waals surface area contributed by atoms with Crippen molar-refractivity contribution in [3.63, 3.8) is 0 Å². The van der Waals surface area contributed by atoms with Gasteiger partial charge in [-0.25, -0.2) is 0 Å². The molecule has 4 bridgehead atoms. The molecule has 5 nitrogen and oxygen atoms in total. The summed E-state index contributed by atoms with van der Waals surface area (Å²) in [5.74, 6) is 4.18. The molecule has 0 radical (unpaired) electrons. The number of anilines is 1. The second kappa shape index (κ2) is 6.75. The molecule has 29 heavy (non-hydrogen) atoms. The number of nitrogens with zero attached hydrogens (tertiary/aromatic N) is 2. The summed E-state index contributed by atoms with van der Waals surface area (Å²) in [5, 5.41) is 11.2. The highest BCUT2D eigenvalue weighted by atomic mass is 16.6. The van der Waals surface area contributed by atoms with Crippen LogP contribution < -0.4 is 9.64 Å². The normalized spacial score (nSPS) is 29.7. The molecule has 152 valence electrons. The van der Waals surface area contributed by atoms with Gasteiger partial charge in [0, 0.05) is 26.2 Å². The SMILES string of the molecule is CN(C)c1cc(Oc2ccc(C34CC5CC(CC(C5)C3)C4)cc2)ccc1[N+](=O)[O-]. The molecule has 0 amide bonds. The van der Waals surface area contributed by atoms with Crippen LogP contribution in [0.5, 0.6) is 11.5 Å². The lowest BCUT2D eigenvalue weighted by molar-refractivity contribution is -0.384. The zero-order valence-electron chi connectivity index (χ0n) is 17.1. The van der Waals surface area contributed by atoms with E-state index in [-0.39, 0.29) is 10.6 Å². The van der Waals surface area contributed by atoms with Crippen LogP contribution in [-0.2, 0) is 5.41 Å². The predicted molar refractivity (Wildman–Crippen MR) is 114 cm³/mol. The summed E-state index contributed by atoms with van der Waals surface area (Å²) in [4.78, 5) is 12.6. The lowest BCUT2D eigenvalue weighted by Gasteiger charge is -2.57. The maximum Gasteiger partial charge on any atom is 0.292 e. The fourth-order valence-corrected chi connectivity index (χ4v) is 6.56. The zero-order valence-corrected chi connectivity index (χ0v) is 17.1. The lowest BCUT2D eigenvalue weighted by Crippen LogP contribution is -2.48. The maximum absolute atomic E-state index is 11.2. The summed E-state index contributed by atoms with van der Waals surface area (Å²) < 4.78 is 6.03. The smallest absolute Gasteiger partial charge is 0.292 e. The molecule has 0 heterocycles. The monoisotopic (exact) mass is 392 g/mol. The minimum Gasteiger partial charge on any atom is -0.457 e. The first-order chi connectivity index (χ1) is 13.9. The van der Waals surface area contributed by atoms with Crippen LogP contribution in [-0.4, -0.2) is 19.0 Å². The first-order valence-electron chi connectivity index (χ1n) is 10.7. The third kappa shape index (κ3) is 3.26. The van der Waals surface area contributed by atoms with Gasteiger partial charge in [0.05, 0.1) is 4.92 Å². The third-order valence-corrected chi connectivity index (χ3v) is 7.37. The molecule has 0 N–H and O–H groups in total. The Kier molecular flexibility index (Phi) is 4.30. The van der Waals surface area contributed by atoms with Gasteiger partial charge in [0.1, 0.15) is 17.2 Å². The first kappa shape index (κ1) is 18.5. The summed E-state index contributed by atoms with van der Waals surface area (Å²) in [7, 11) is 3.60. The second-order valence-electron chi connectivity index (χ2n) is 9.63. The quantitative estimate of drug-likeness (QED) is 0.468. The average Bonchev–Trinajstić information content (AvgIpc) is 2.67. The molecule has 6 rings (SSSR count). The fourth-order valence-electron chi connectivity index (χ4n) is 6.56. The molecule has 0 spiro atoms. The molecule has 0 saturated heterocycles. The Bertz CT molecular complexity index is 900. The number of hydrogen-bond acceptors (Lipinski definition) is 4. The lowest BCUT2D eigenvalue weighted by atomic mass is 9.48. The highest BCUT2D eigenvalue weighted by Crippen LogP contribution is 2.60. The molecule has 4 aliphatic rings. The van der Waals surface area contributed by atoms with Gasteiger partial charge in [-0.05, 0) is 85.5 Å². The summed E-state index contributed by atoms with van der Waals surface area (Å²) in [5.41, 5.74) is 2.48. The van der Waals surface area contributed by atoms with Crippen LogP contribution in [0.3, 0.4) is 0 Å².